The van der Waals surface area contributed by atoms with Crippen molar-refractivity contribution in [3.05, 3.63) is 29.8 Å². The molecule has 0 bridgehead atoms. The molecular weight excluding hydrogens is 390 g/mol. The van der Waals surface area contributed by atoms with Gasteiger partial charge in [-0.1, -0.05) is 37.8 Å². The van der Waals surface area contributed by atoms with Crippen molar-refractivity contribution in [1.29, 1.82) is 0 Å². The predicted octanol–water partition coefficient (Wildman–Crippen LogP) is 3.02. The summed E-state index contributed by atoms with van der Waals surface area (Å²) in [5.41, 5.74) is 1.20. The maximum atomic E-state index is 12.7. The molecule has 1 aromatic carbocycles. The van der Waals surface area contributed by atoms with Crippen LogP contribution in [0, 0.1) is 11.8 Å². The molecule has 6 atom stereocenters. The largest absolute Gasteiger partial charge is 0.497 e. The Morgan fingerprint density at radius 1 is 1.00 bits per heavy atom. The van der Waals surface area contributed by atoms with Gasteiger partial charge >= 0.3 is 6.03 Å². The molecule has 3 aliphatic rings. The van der Waals surface area contributed by atoms with Crippen molar-refractivity contribution in [3.63, 3.8) is 0 Å². The third-order valence-electron chi connectivity index (χ3n) is 7.27. The Morgan fingerprint density at radius 3 is 2.55 bits per heavy atom. The Balaban J connectivity index is 1.21. The number of benzene rings is 1. The molecule has 2 amide bonds. The fraction of sp³-hybridized carbons (Fsp3) is 0.708. The summed E-state index contributed by atoms with van der Waals surface area (Å²) in [4.78, 5) is 12.7. The van der Waals surface area contributed by atoms with Crippen molar-refractivity contribution in [2.45, 2.75) is 89.4 Å². The standard InChI is InChI=1S/C24H39N5O2/c1-16-13-22(25-15-17-7-11-21(31-2)12-8-17)28-23(26-16)29-24(30)27-20-10-9-18-5-3-4-6-19(18)14-20/h7-8,11-12,16,18-20,22-23,25-26,28H,3-6,9-10,13-15H2,1-2H3,(H2,27,29,30). The van der Waals surface area contributed by atoms with Crippen LogP contribution in [0.3, 0.4) is 0 Å². The molecule has 3 fully saturated rings. The van der Waals surface area contributed by atoms with Gasteiger partial charge in [0.1, 0.15) is 12.0 Å². The molecule has 4 rings (SSSR count). The Bertz CT molecular complexity index is 712. The summed E-state index contributed by atoms with van der Waals surface area (Å²) in [5, 5.41) is 16.8. The van der Waals surface area contributed by atoms with Crippen LogP contribution in [0.4, 0.5) is 4.79 Å². The zero-order chi connectivity index (χ0) is 21.6. The second-order valence-electron chi connectivity index (χ2n) is 9.62. The quantitative estimate of drug-likeness (QED) is 0.480. The Kier molecular flexibility index (Phi) is 7.69. The molecule has 0 aromatic heterocycles. The van der Waals surface area contributed by atoms with Gasteiger partial charge in [-0.3, -0.25) is 16.0 Å². The summed E-state index contributed by atoms with van der Waals surface area (Å²) in [6, 6.07) is 8.63. The van der Waals surface area contributed by atoms with E-state index in [0.717, 1.165) is 43.4 Å². The SMILES string of the molecule is COc1ccc(CNC2CC(C)NC(NC(=O)NC3CCC4CCCCC4C3)N2)cc1. The van der Waals surface area contributed by atoms with E-state index < -0.39 is 0 Å². The zero-order valence-electron chi connectivity index (χ0n) is 19.0. The summed E-state index contributed by atoms with van der Waals surface area (Å²) in [6.45, 7) is 2.91. The molecule has 1 saturated heterocycles. The van der Waals surface area contributed by atoms with E-state index in [1.807, 2.05) is 12.1 Å². The highest BCUT2D eigenvalue weighted by Gasteiger charge is 2.33. The molecule has 5 N–H and O–H groups in total. The minimum absolute atomic E-state index is 0.0766. The van der Waals surface area contributed by atoms with Crippen molar-refractivity contribution >= 4 is 6.03 Å². The molecule has 2 aliphatic carbocycles. The molecule has 172 valence electrons. The van der Waals surface area contributed by atoms with Gasteiger partial charge in [-0.25, -0.2) is 4.79 Å². The van der Waals surface area contributed by atoms with Crippen LogP contribution in [0.15, 0.2) is 24.3 Å². The first-order valence-electron chi connectivity index (χ1n) is 12.0. The van der Waals surface area contributed by atoms with Crippen molar-refractivity contribution in [2.24, 2.45) is 11.8 Å². The van der Waals surface area contributed by atoms with Crippen LogP contribution in [0.2, 0.25) is 0 Å². The number of rotatable bonds is 6. The average molecular weight is 430 g/mol. The first-order chi connectivity index (χ1) is 15.1. The Hall–Kier alpha value is -1.83. The van der Waals surface area contributed by atoms with E-state index in [4.69, 9.17) is 4.74 Å². The van der Waals surface area contributed by atoms with Gasteiger partial charge in [0.25, 0.3) is 0 Å². The van der Waals surface area contributed by atoms with E-state index in [2.05, 4.69) is 45.6 Å². The molecule has 1 aliphatic heterocycles. The number of methoxy groups -OCH3 is 1. The number of nitrogens with one attached hydrogen (secondary N) is 5. The fourth-order valence-corrected chi connectivity index (χ4v) is 5.60. The topological polar surface area (TPSA) is 86.5 Å². The van der Waals surface area contributed by atoms with Crippen molar-refractivity contribution in [3.8, 4) is 5.75 Å². The Morgan fingerprint density at radius 2 is 1.77 bits per heavy atom. The Labute approximate surface area is 186 Å². The van der Waals surface area contributed by atoms with Crippen molar-refractivity contribution < 1.29 is 9.53 Å². The van der Waals surface area contributed by atoms with Crippen LogP contribution in [-0.2, 0) is 6.54 Å². The number of ether oxygens (including phenoxy) is 1. The molecule has 0 radical (unpaired) electrons. The van der Waals surface area contributed by atoms with E-state index in [0.29, 0.717) is 12.1 Å². The number of amides is 2. The molecule has 7 nitrogen and oxygen atoms in total. The maximum absolute atomic E-state index is 12.7. The lowest BCUT2D eigenvalue weighted by Crippen LogP contribution is -2.68. The summed E-state index contributed by atoms with van der Waals surface area (Å²) in [6.07, 6.45) is 9.84. The second kappa shape index (κ2) is 10.7. The smallest absolute Gasteiger partial charge is 0.317 e. The number of hydrogen-bond acceptors (Lipinski definition) is 5. The normalized spacial score (nSPS) is 33.2. The lowest BCUT2D eigenvalue weighted by atomic mass is 9.69. The van der Waals surface area contributed by atoms with Crippen LogP contribution >= 0.6 is 0 Å². The van der Waals surface area contributed by atoms with Crippen LogP contribution in [0.5, 0.6) is 5.75 Å². The first-order valence-corrected chi connectivity index (χ1v) is 12.0. The predicted molar refractivity (Wildman–Crippen MR) is 123 cm³/mol. The molecular formula is C24H39N5O2. The van der Waals surface area contributed by atoms with Crippen LogP contribution in [0.1, 0.15) is 63.9 Å². The third-order valence-corrected chi connectivity index (χ3v) is 7.27. The minimum atomic E-state index is -0.247. The van der Waals surface area contributed by atoms with E-state index >= 15 is 0 Å². The molecule has 6 unspecified atom stereocenters. The molecule has 2 saturated carbocycles. The average Bonchev–Trinajstić information content (AvgIpc) is 2.77. The highest BCUT2D eigenvalue weighted by molar-refractivity contribution is 5.74. The number of carbonyl (C=O) groups is 1. The minimum Gasteiger partial charge on any atom is -0.497 e. The number of carbonyl (C=O) groups excluding carboxylic acids is 1. The highest BCUT2D eigenvalue weighted by Crippen LogP contribution is 2.40. The summed E-state index contributed by atoms with van der Waals surface area (Å²) >= 11 is 0. The van der Waals surface area contributed by atoms with Crippen LogP contribution in [0.25, 0.3) is 0 Å². The fourth-order valence-electron chi connectivity index (χ4n) is 5.60. The maximum Gasteiger partial charge on any atom is 0.317 e. The number of urea groups is 1. The molecule has 0 spiro atoms. The van der Waals surface area contributed by atoms with Crippen LogP contribution < -0.4 is 31.3 Å². The van der Waals surface area contributed by atoms with Crippen molar-refractivity contribution in [1.82, 2.24) is 26.6 Å². The van der Waals surface area contributed by atoms with Gasteiger partial charge in [0, 0.05) is 18.6 Å². The third kappa shape index (κ3) is 6.34. The van der Waals surface area contributed by atoms with E-state index in [1.165, 1.54) is 37.7 Å². The molecule has 31 heavy (non-hydrogen) atoms. The molecule has 1 heterocycles. The lowest BCUT2D eigenvalue weighted by Gasteiger charge is -2.40. The van der Waals surface area contributed by atoms with Crippen molar-refractivity contribution in [2.75, 3.05) is 7.11 Å². The molecule has 1 aromatic rings. The van der Waals surface area contributed by atoms with Gasteiger partial charge in [0.05, 0.1) is 13.3 Å². The molecule has 7 heteroatoms. The summed E-state index contributed by atoms with van der Waals surface area (Å²) in [7, 11) is 1.68. The first kappa shape index (κ1) is 22.4. The van der Waals surface area contributed by atoms with E-state index in [9.17, 15) is 4.79 Å². The van der Waals surface area contributed by atoms with Gasteiger partial charge in [0.15, 0.2) is 0 Å². The number of fused-ring (bicyclic) bond motifs is 1. The van der Waals surface area contributed by atoms with Gasteiger partial charge in [0.2, 0.25) is 0 Å². The zero-order valence-corrected chi connectivity index (χ0v) is 19.0. The second-order valence-corrected chi connectivity index (χ2v) is 9.62. The van der Waals surface area contributed by atoms with Gasteiger partial charge in [-0.2, -0.15) is 0 Å². The van der Waals surface area contributed by atoms with Crippen LogP contribution in [-0.4, -0.2) is 37.7 Å². The number of hydrogen-bond donors (Lipinski definition) is 5. The lowest BCUT2D eigenvalue weighted by molar-refractivity contribution is 0.141. The summed E-state index contributed by atoms with van der Waals surface area (Å²) in [5.74, 6) is 2.57. The highest BCUT2D eigenvalue weighted by atomic mass is 16.5. The van der Waals surface area contributed by atoms with E-state index in [-0.39, 0.29) is 18.5 Å². The van der Waals surface area contributed by atoms with E-state index in [1.54, 1.807) is 7.11 Å². The monoisotopic (exact) mass is 429 g/mol. The van der Waals surface area contributed by atoms with Gasteiger partial charge < -0.3 is 15.4 Å². The van der Waals surface area contributed by atoms with Gasteiger partial charge in [-0.15, -0.1) is 0 Å². The van der Waals surface area contributed by atoms with Gasteiger partial charge in [-0.05, 0) is 62.1 Å². The summed E-state index contributed by atoms with van der Waals surface area (Å²) < 4.78 is 5.22.